The summed E-state index contributed by atoms with van der Waals surface area (Å²) in [6.07, 6.45) is -0.0614. The quantitative estimate of drug-likeness (QED) is 0.730. The SMILES string of the molecule is CO[C@H](C(C)C)[C@@H](C)C(=O)N1C(=S)SC[C@@H]1C(C)C. The lowest BCUT2D eigenvalue weighted by molar-refractivity contribution is -0.138. The van der Waals surface area contributed by atoms with Gasteiger partial charge in [0, 0.05) is 18.9 Å². The topological polar surface area (TPSA) is 29.5 Å². The summed E-state index contributed by atoms with van der Waals surface area (Å²) in [6.45, 7) is 10.4. The summed E-state index contributed by atoms with van der Waals surface area (Å²) in [6, 6.07) is 0.220. The van der Waals surface area contributed by atoms with Crippen molar-refractivity contribution in [1.82, 2.24) is 4.90 Å². The van der Waals surface area contributed by atoms with Crippen LogP contribution in [0.2, 0.25) is 0 Å². The molecule has 1 aliphatic heterocycles. The highest BCUT2D eigenvalue weighted by Crippen LogP contribution is 2.31. The fourth-order valence-corrected chi connectivity index (χ4v) is 4.23. The van der Waals surface area contributed by atoms with Gasteiger partial charge in [0.05, 0.1) is 12.0 Å². The number of rotatable bonds is 5. The Morgan fingerprint density at radius 1 is 1.37 bits per heavy atom. The van der Waals surface area contributed by atoms with Gasteiger partial charge in [-0.3, -0.25) is 9.69 Å². The number of hydrogen-bond acceptors (Lipinski definition) is 4. The zero-order chi connectivity index (χ0) is 14.7. The third kappa shape index (κ3) is 3.70. The molecule has 1 rings (SSSR count). The molecule has 0 N–H and O–H groups in total. The molecule has 1 saturated heterocycles. The van der Waals surface area contributed by atoms with E-state index in [0.29, 0.717) is 16.2 Å². The van der Waals surface area contributed by atoms with Gasteiger partial charge in [0.1, 0.15) is 4.32 Å². The van der Waals surface area contributed by atoms with E-state index in [4.69, 9.17) is 17.0 Å². The Kier molecular flexibility index (Phi) is 6.27. The van der Waals surface area contributed by atoms with Crippen molar-refractivity contribution in [2.45, 2.75) is 46.8 Å². The third-order valence-electron chi connectivity index (χ3n) is 3.72. The van der Waals surface area contributed by atoms with Crippen molar-refractivity contribution in [1.29, 1.82) is 0 Å². The van der Waals surface area contributed by atoms with Crippen LogP contribution in [0.1, 0.15) is 34.6 Å². The van der Waals surface area contributed by atoms with Crippen LogP contribution >= 0.6 is 24.0 Å². The summed E-state index contributed by atoms with van der Waals surface area (Å²) in [7, 11) is 1.67. The number of methoxy groups -OCH3 is 1. The van der Waals surface area contributed by atoms with Crippen LogP contribution in [0.3, 0.4) is 0 Å². The van der Waals surface area contributed by atoms with Crippen LogP contribution in [0, 0.1) is 17.8 Å². The van der Waals surface area contributed by atoms with Crippen molar-refractivity contribution in [3.8, 4) is 0 Å². The van der Waals surface area contributed by atoms with Gasteiger partial charge < -0.3 is 4.74 Å². The molecule has 1 aliphatic rings. The molecule has 1 amide bonds. The average molecular weight is 303 g/mol. The second kappa shape index (κ2) is 7.04. The molecule has 19 heavy (non-hydrogen) atoms. The number of carbonyl (C=O) groups excluding carboxylic acids is 1. The molecule has 0 aliphatic carbocycles. The molecular formula is C14H25NO2S2. The predicted molar refractivity (Wildman–Crippen MR) is 85.3 cm³/mol. The summed E-state index contributed by atoms with van der Waals surface area (Å²) in [5.41, 5.74) is 0. The van der Waals surface area contributed by atoms with Gasteiger partial charge in [0.2, 0.25) is 5.91 Å². The maximum atomic E-state index is 12.7. The van der Waals surface area contributed by atoms with Gasteiger partial charge in [-0.2, -0.15) is 0 Å². The van der Waals surface area contributed by atoms with Crippen molar-refractivity contribution in [2.75, 3.05) is 12.9 Å². The monoisotopic (exact) mass is 303 g/mol. The lowest BCUT2D eigenvalue weighted by Crippen LogP contribution is -2.47. The van der Waals surface area contributed by atoms with E-state index in [-0.39, 0.29) is 24.0 Å². The van der Waals surface area contributed by atoms with Crippen LogP contribution in [-0.2, 0) is 9.53 Å². The van der Waals surface area contributed by atoms with Crippen LogP contribution in [-0.4, -0.2) is 40.1 Å². The number of amides is 1. The van der Waals surface area contributed by atoms with Gasteiger partial charge in [-0.15, -0.1) is 0 Å². The highest BCUT2D eigenvalue weighted by Gasteiger charge is 2.40. The lowest BCUT2D eigenvalue weighted by Gasteiger charge is -2.32. The molecule has 0 aromatic carbocycles. The van der Waals surface area contributed by atoms with Gasteiger partial charge in [-0.25, -0.2) is 0 Å². The number of thiocarbonyl (C=S) groups is 1. The molecule has 0 aromatic rings. The minimum atomic E-state index is -0.164. The molecule has 0 aromatic heterocycles. The van der Waals surface area contributed by atoms with E-state index >= 15 is 0 Å². The molecule has 110 valence electrons. The average Bonchev–Trinajstić information content (AvgIpc) is 2.70. The molecular weight excluding hydrogens is 278 g/mol. The van der Waals surface area contributed by atoms with E-state index in [1.807, 2.05) is 11.8 Å². The first kappa shape index (κ1) is 16.9. The molecule has 0 unspecified atom stereocenters. The summed E-state index contributed by atoms with van der Waals surface area (Å²) < 4.78 is 6.20. The fourth-order valence-electron chi connectivity index (χ4n) is 2.59. The maximum Gasteiger partial charge on any atom is 0.233 e. The van der Waals surface area contributed by atoms with E-state index in [1.54, 1.807) is 18.9 Å². The standard InChI is InChI=1S/C14H25NO2S2/c1-8(2)11-7-19-14(18)15(11)13(16)10(5)12(17-6)9(3)4/h8-12H,7H2,1-6H3/t10-,11-,12-/m1/s1. The van der Waals surface area contributed by atoms with Crippen LogP contribution in [0.25, 0.3) is 0 Å². The van der Waals surface area contributed by atoms with Gasteiger partial charge in [-0.1, -0.05) is 58.6 Å². The summed E-state index contributed by atoms with van der Waals surface area (Å²) in [5, 5.41) is 0. The zero-order valence-corrected chi connectivity index (χ0v) is 14.3. The molecule has 0 saturated carbocycles. The van der Waals surface area contributed by atoms with Crippen LogP contribution < -0.4 is 0 Å². The molecule has 0 spiro atoms. The fraction of sp³-hybridized carbons (Fsp3) is 0.857. The number of carbonyl (C=O) groups is 1. The summed E-state index contributed by atoms with van der Waals surface area (Å²) in [4.78, 5) is 14.5. The van der Waals surface area contributed by atoms with Gasteiger partial charge >= 0.3 is 0 Å². The molecule has 3 nitrogen and oxygen atoms in total. The number of hydrogen-bond donors (Lipinski definition) is 0. The summed E-state index contributed by atoms with van der Waals surface area (Å²) >= 11 is 6.96. The smallest absolute Gasteiger partial charge is 0.233 e. The first-order valence-electron chi connectivity index (χ1n) is 6.83. The second-order valence-corrected chi connectivity index (χ2v) is 7.48. The Morgan fingerprint density at radius 3 is 2.37 bits per heavy atom. The van der Waals surface area contributed by atoms with E-state index in [9.17, 15) is 4.79 Å². The van der Waals surface area contributed by atoms with Crippen molar-refractivity contribution >= 4 is 34.2 Å². The van der Waals surface area contributed by atoms with Crippen LogP contribution in [0.5, 0.6) is 0 Å². The molecule has 1 heterocycles. The molecule has 0 bridgehead atoms. The van der Waals surface area contributed by atoms with Crippen molar-refractivity contribution in [2.24, 2.45) is 17.8 Å². The summed E-state index contributed by atoms with van der Waals surface area (Å²) in [5.74, 6) is 1.58. The van der Waals surface area contributed by atoms with E-state index in [2.05, 4.69) is 27.7 Å². The number of thioether (sulfide) groups is 1. The first-order chi connectivity index (χ1) is 8.81. The second-order valence-electron chi connectivity index (χ2n) is 5.83. The molecule has 5 heteroatoms. The van der Waals surface area contributed by atoms with Gasteiger partial charge in [0.25, 0.3) is 0 Å². The van der Waals surface area contributed by atoms with Gasteiger partial charge in [-0.05, 0) is 11.8 Å². The molecule has 3 atom stereocenters. The minimum absolute atomic E-state index is 0.0614. The van der Waals surface area contributed by atoms with E-state index < -0.39 is 0 Å². The number of ether oxygens (including phenoxy) is 1. The Morgan fingerprint density at radius 2 is 1.95 bits per heavy atom. The van der Waals surface area contributed by atoms with Crippen LogP contribution in [0.4, 0.5) is 0 Å². The third-order valence-corrected chi connectivity index (χ3v) is 5.23. The van der Waals surface area contributed by atoms with E-state index in [0.717, 1.165) is 5.75 Å². The molecule has 0 radical (unpaired) electrons. The van der Waals surface area contributed by atoms with Crippen molar-refractivity contribution < 1.29 is 9.53 Å². The largest absolute Gasteiger partial charge is 0.380 e. The normalized spacial score (nSPS) is 23.3. The predicted octanol–water partition coefficient (Wildman–Crippen LogP) is 3.18. The zero-order valence-electron chi connectivity index (χ0n) is 12.7. The van der Waals surface area contributed by atoms with Crippen molar-refractivity contribution in [3.63, 3.8) is 0 Å². The first-order valence-corrected chi connectivity index (χ1v) is 8.23. The minimum Gasteiger partial charge on any atom is -0.380 e. The van der Waals surface area contributed by atoms with Crippen LogP contribution in [0.15, 0.2) is 0 Å². The Labute approximate surface area is 126 Å². The lowest BCUT2D eigenvalue weighted by atomic mass is 9.92. The Bertz CT molecular complexity index is 344. The number of nitrogens with zero attached hydrogens (tertiary/aromatic N) is 1. The van der Waals surface area contributed by atoms with E-state index in [1.165, 1.54) is 0 Å². The van der Waals surface area contributed by atoms with Gasteiger partial charge in [0.15, 0.2) is 0 Å². The maximum absolute atomic E-state index is 12.7. The van der Waals surface area contributed by atoms with Crippen molar-refractivity contribution in [3.05, 3.63) is 0 Å². The Balaban J connectivity index is 2.88. The highest BCUT2D eigenvalue weighted by molar-refractivity contribution is 8.23. The molecule has 1 fully saturated rings. The highest BCUT2D eigenvalue weighted by atomic mass is 32.2. The Hall–Kier alpha value is -0.130.